The predicted octanol–water partition coefficient (Wildman–Crippen LogP) is 2.77. The Kier molecular flexibility index (Phi) is 4.34. The van der Waals surface area contributed by atoms with E-state index in [1.54, 1.807) is 7.05 Å². The summed E-state index contributed by atoms with van der Waals surface area (Å²) in [4.78, 5) is 0. The zero-order valence-corrected chi connectivity index (χ0v) is 11.4. The molecule has 0 saturated carbocycles. The van der Waals surface area contributed by atoms with Gasteiger partial charge in [0.25, 0.3) is 0 Å². The van der Waals surface area contributed by atoms with E-state index < -0.39 is 17.4 Å². The lowest BCUT2D eigenvalue weighted by atomic mass is 10.0. The van der Waals surface area contributed by atoms with E-state index in [1.807, 2.05) is 6.92 Å². The smallest absolute Gasteiger partial charge is 0.198 e. The average Bonchev–Trinajstić information content (AvgIpc) is 2.79. The highest BCUT2D eigenvalue weighted by Crippen LogP contribution is 2.28. The molecule has 108 valence electrons. The zero-order valence-electron chi connectivity index (χ0n) is 11.4. The van der Waals surface area contributed by atoms with Crippen LogP contribution < -0.4 is 10.5 Å². The molecule has 1 unspecified atom stereocenters. The van der Waals surface area contributed by atoms with Crippen LogP contribution in [0.5, 0.6) is 11.5 Å². The van der Waals surface area contributed by atoms with Crippen molar-refractivity contribution in [1.82, 2.24) is 9.78 Å². The minimum absolute atomic E-state index is 0.112. The summed E-state index contributed by atoms with van der Waals surface area (Å²) in [6.07, 6.45) is 4.09. The van der Waals surface area contributed by atoms with E-state index in [-0.39, 0.29) is 11.8 Å². The van der Waals surface area contributed by atoms with Crippen LogP contribution in [0.1, 0.15) is 18.9 Å². The molecule has 0 spiro atoms. The first-order valence-electron chi connectivity index (χ1n) is 6.39. The number of aryl methyl sites for hydroxylation is 1. The van der Waals surface area contributed by atoms with Crippen molar-refractivity contribution >= 4 is 0 Å². The van der Waals surface area contributed by atoms with Crippen LogP contribution in [0.4, 0.5) is 8.78 Å². The summed E-state index contributed by atoms with van der Waals surface area (Å²) in [5.74, 6) is -1.63. The Morgan fingerprint density at radius 2 is 2.00 bits per heavy atom. The molecule has 0 amide bonds. The normalized spacial score (nSPS) is 12.4. The lowest BCUT2D eigenvalue weighted by Crippen LogP contribution is -2.21. The molecule has 2 aromatic rings. The van der Waals surface area contributed by atoms with Crippen LogP contribution in [0.2, 0.25) is 0 Å². The van der Waals surface area contributed by atoms with Gasteiger partial charge < -0.3 is 10.5 Å². The van der Waals surface area contributed by atoms with Gasteiger partial charge in [-0.3, -0.25) is 4.68 Å². The molecular weight excluding hydrogens is 264 g/mol. The Morgan fingerprint density at radius 3 is 2.50 bits per heavy atom. The Balaban J connectivity index is 2.22. The van der Waals surface area contributed by atoms with Gasteiger partial charge >= 0.3 is 0 Å². The van der Waals surface area contributed by atoms with Gasteiger partial charge in [-0.25, -0.2) is 8.78 Å². The average molecular weight is 281 g/mol. The van der Waals surface area contributed by atoms with Crippen LogP contribution >= 0.6 is 0 Å². The second kappa shape index (κ2) is 6.00. The van der Waals surface area contributed by atoms with Crippen LogP contribution in [0.3, 0.4) is 0 Å². The van der Waals surface area contributed by atoms with Gasteiger partial charge in [-0.15, -0.1) is 0 Å². The van der Waals surface area contributed by atoms with Crippen LogP contribution in [0, 0.1) is 11.6 Å². The molecule has 2 N–H and O–H groups in total. The molecule has 1 heterocycles. The summed E-state index contributed by atoms with van der Waals surface area (Å²) in [6, 6.07) is 2.40. The maximum atomic E-state index is 13.9. The number of hydrogen-bond donors (Lipinski definition) is 1. The van der Waals surface area contributed by atoms with Crippen molar-refractivity contribution in [3.63, 3.8) is 0 Å². The van der Waals surface area contributed by atoms with Crippen LogP contribution in [0.25, 0.3) is 0 Å². The molecule has 0 aliphatic rings. The quantitative estimate of drug-likeness (QED) is 0.917. The van der Waals surface area contributed by atoms with Gasteiger partial charge in [-0.1, -0.05) is 6.92 Å². The Morgan fingerprint density at radius 1 is 1.35 bits per heavy atom. The minimum atomic E-state index is -0.743. The van der Waals surface area contributed by atoms with Crippen molar-refractivity contribution in [3.8, 4) is 11.5 Å². The molecule has 0 aliphatic carbocycles. The van der Waals surface area contributed by atoms with E-state index in [2.05, 4.69) is 5.10 Å². The molecule has 1 aromatic heterocycles. The molecule has 0 saturated heterocycles. The van der Waals surface area contributed by atoms with E-state index in [0.29, 0.717) is 12.0 Å². The van der Waals surface area contributed by atoms with Gasteiger partial charge in [-0.05, 0) is 30.5 Å². The molecule has 1 atom stereocenters. The second-order valence-electron chi connectivity index (χ2n) is 4.71. The molecule has 2 rings (SSSR count). The van der Waals surface area contributed by atoms with Crippen molar-refractivity contribution in [2.24, 2.45) is 12.8 Å². The maximum absolute atomic E-state index is 13.9. The molecule has 0 radical (unpaired) electrons. The zero-order chi connectivity index (χ0) is 14.7. The third-order valence-electron chi connectivity index (χ3n) is 2.98. The van der Waals surface area contributed by atoms with Gasteiger partial charge in [-0.2, -0.15) is 5.10 Å². The van der Waals surface area contributed by atoms with E-state index in [1.165, 1.54) is 29.2 Å². The number of rotatable bonds is 5. The van der Waals surface area contributed by atoms with Gasteiger partial charge in [0.15, 0.2) is 23.1 Å². The number of aromatic nitrogens is 2. The van der Waals surface area contributed by atoms with Gasteiger partial charge in [0.1, 0.15) is 0 Å². The molecule has 0 fully saturated rings. The SMILES string of the molecule is CCC(N)Cc1cc(F)c(Oc2cnn(C)c2)c(F)c1. The number of nitrogens with two attached hydrogens (primary N) is 1. The van der Waals surface area contributed by atoms with Crippen molar-refractivity contribution in [3.05, 3.63) is 41.7 Å². The predicted molar refractivity (Wildman–Crippen MR) is 71.6 cm³/mol. The Labute approximate surface area is 116 Å². The van der Waals surface area contributed by atoms with Crippen molar-refractivity contribution < 1.29 is 13.5 Å². The molecule has 0 aliphatic heterocycles. The molecule has 1 aromatic carbocycles. The van der Waals surface area contributed by atoms with Crippen molar-refractivity contribution in [2.45, 2.75) is 25.8 Å². The first-order valence-corrected chi connectivity index (χ1v) is 6.39. The largest absolute Gasteiger partial charge is 0.448 e. The standard InChI is InChI=1S/C14H17F2N3O/c1-3-10(17)4-9-5-12(15)14(13(16)6-9)20-11-7-18-19(2)8-11/h5-8,10H,3-4,17H2,1-2H3. The van der Waals surface area contributed by atoms with Gasteiger partial charge in [0, 0.05) is 13.1 Å². The first-order chi connectivity index (χ1) is 9.49. The lowest BCUT2D eigenvalue weighted by Gasteiger charge is -2.11. The van der Waals surface area contributed by atoms with Crippen LogP contribution in [0.15, 0.2) is 24.5 Å². The summed E-state index contributed by atoms with van der Waals surface area (Å²) in [5, 5.41) is 3.87. The molecule has 0 bridgehead atoms. The number of ether oxygens (including phenoxy) is 1. The van der Waals surface area contributed by atoms with E-state index >= 15 is 0 Å². The highest BCUT2D eigenvalue weighted by atomic mass is 19.1. The Bertz CT molecular complexity index is 575. The van der Waals surface area contributed by atoms with Crippen molar-refractivity contribution in [2.75, 3.05) is 0 Å². The summed E-state index contributed by atoms with van der Waals surface area (Å²) in [7, 11) is 1.69. The third-order valence-corrected chi connectivity index (χ3v) is 2.98. The number of benzene rings is 1. The third kappa shape index (κ3) is 3.33. The highest BCUT2D eigenvalue weighted by Gasteiger charge is 2.15. The second-order valence-corrected chi connectivity index (χ2v) is 4.71. The van der Waals surface area contributed by atoms with Crippen LogP contribution in [-0.4, -0.2) is 15.8 Å². The Hall–Kier alpha value is -1.95. The van der Waals surface area contributed by atoms with E-state index in [0.717, 1.165) is 6.42 Å². The van der Waals surface area contributed by atoms with E-state index in [4.69, 9.17) is 10.5 Å². The molecule has 20 heavy (non-hydrogen) atoms. The first kappa shape index (κ1) is 14.5. The summed E-state index contributed by atoms with van der Waals surface area (Å²) in [6.45, 7) is 1.93. The summed E-state index contributed by atoms with van der Waals surface area (Å²) in [5.41, 5.74) is 6.30. The highest BCUT2D eigenvalue weighted by molar-refractivity contribution is 5.35. The topological polar surface area (TPSA) is 53.1 Å². The minimum Gasteiger partial charge on any atom is -0.448 e. The van der Waals surface area contributed by atoms with Crippen molar-refractivity contribution in [1.29, 1.82) is 0 Å². The fraction of sp³-hybridized carbons (Fsp3) is 0.357. The fourth-order valence-electron chi connectivity index (χ4n) is 1.84. The number of nitrogens with zero attached hydrogens (tertiary/aromatic N) is 2. The summed E-state index contributed by atoms with van der Waals surface area (Å²) >= 11 is 0. The fourth-order valence-corrected chi connectivity index (χ4v) is 1.84. The molecule has 6 heteroatoms. The van der Waals surface area contributed by atoms with Crippen LogP contribution in [-0.2, 0) is 13.5 Å². The molecule has 4 nitrogen and oxygen atoms in total. The van der Waals surface area contributed by atoms with E-state index in [9.17, 15) is 8.78 Å². The lowest BCUT2D eigenvalue weighted by molar-refractivity contribution is 0.405. The van der Waals surface area contributed by atoms with Gasteiger partial charge in [0.05, 0.1) is 12.4 Å². The number of hydrogen-bond acceptors (Lipinski definition) is 3. The molecular formula is C14H17F2N3O. The monoisotopic (exact) mass is 281 g/mol. The summed E-state index contributed by atoms with van der Waals surface area (Å²) < 4.78 is 34.5. The van der Waals surface area contributed by atoms with Gasteiger partial charge in [0.2, 0.25) is 0 Å². The number of halogens is 2. The maximum Gasteiger partial charge on any atom is 0.198 e.